The lowest BCUT2D eigenvalue weighted by molar-refractivity contribution is -0.148. The van der Waals surface area contributed by atoms with Crippen LogP contribution in [-0.2, 0) is 20.9 Å². The lowest BCUT2D eigenvalue weighted by atomic mass is 9.91. The van der Waals surface area contributed by atoms with Crippen molar-refractivity contribution in [3.05, 3.63) is 23.9 Å². The van der Waals surface area contributed by atoms with Crippen LogP contribution in [0.3, 0.4) is 0 Å². The molecular weight excluding hydrogens is 340 g/mol. The largest absolute Gasteiger partial charge is 0.481 e. The number of carbonyl (C=O) groups excluding carboxylic acids is 3. The maximum atomic E-state index is 12.3. The summed E-state index contributed by atoms with van der Waals surface area (Å²) in [5.41, 5.74) is 0.235. The van der Waals surface area contributed by atoms with Crippen molar-refractivity contribution in [2.24, 2.45) is 0 Å². The first-order chi connectivity index (χ1) is 12.4. The van der Waals surface area contributed by atoms with Crippen molar-refractivity contribution in [2.75, 3.05) is 33.8 Å². The Morgan fingerprint density at radius 2 is 2.08 bits per heavy atom. The molecule has 0 unspecified atom stereocenters. The zero-order valence-corrected chi connectivity index (χ0v) is 14.9. The molecule has 0 radical (unpaired) electrons. The zero-order chi connectivity index (χ0) is 18.7. The molecule has 1 aromatic rings. The first-order valence-electron chi connectivity index (χ1n) is 8.43. The Morgan fingerprint density at radius 1 is 1.35 bits per heavy atom. The second-order valence-electron chi connectivity index (χ2n) is 6.59. The molecule has 2 aliphatic heterocycles. The van der Waals surface area contributed by atoms with Crippen LogP contribution in [0.4, 0.5) is 4.79 Å². The molecule has 0 saturated carbocycles. The summed E-state index contributed by atoms with van der Waals surface area (Å²) in [6, 6.07) is 3.46. The minimum atomic E-state index is -0.655. The molecule has 0 bridgehead atoms. The topological polar surface area (TPSA) is 101 Å². The standard InChI is InChI=1S/C17H22N4O5/c1-20-11-17(26-16(20)24)5-7-21(8-6-17)15(23)14(22)19-10-12-3-4-13(25-2)18-9-12/h3-4,9H,5-8,10-11H2,1-2H3,(H,19,22). The molecule has 2 aliphatic rings. The molecule has 26 heavy (non-hydrogen) atoms. The van der Waals surface area contributed by atoms with E-state index >= 15 is 0 Å². The van der Waals surface area contributed by atoms with Crippen LogP contribution in [0.25, 0.3) is 0 Å². The average Bonchev–Trinajstić information content (AvgIpc) is 2.93. The second-order valence-corrected chi connectivity index (χ2v) is 6.59. The van der Waals surface area contributed by atoms with E-state index < -0.39 is 17.4 Å². The van der Waals surface area contributed by atoms with Crippen LogP contribution in [-0.4, -0.2) is 72.1 Å². The molecule has 0 aliphatic carbocycles. The van der Waals surface area contributed by atoms with Crippen LogP contribution in [0.15, 0.2) is 18.3 Å². The highest BCUT2D eigenvalue weighted by Crippen LogP contribution is 2.32. The fourth-order valence-corrected chi connectivity index (χ4v) is 3.21. The molecule has 2 fully saturated rings. The molecule has 3 heterocycles. The van der Waals surface area contributed by atoms with Crippen molar-refractivity contribution in [2.45, 2.75) is 25.0 Å². The van der Waals surface area contributed by atoms with E-state index in [1.165, 1.54) is 16.9 Å². The van der Waals surface area contributed by atoms with Crippen molar-refractivity contribution < 1.29 is 23.9 Å². The minimum Gasteiger partial charge on any atom is -0.481 e. The van der Waals surface area contributed by atoms with Gasteiger partial charge in [0.1, 0.15) is 5.60 Å². The van der Waals surface area contributed by atoms with Gasteiger partial charge in [-0.25, -0.2) is 9.78 Å². The number of methoxy groups -OCH3 is 1. The number of ether oxygens (including phenoxy) is 2. The van der Waals surface area contributed by atoms with E-state index in [-0.39, 0.29) is 12.6 Å². The van der Waals surface area contributed by atoms with Gasteiger partial charge in [-0.3, -0.25) is 9.59 Å². The van der Waals surface area contributed by atoms with Gasteiger partial charge in [0, 0.05) is 51.8 Å². The van der Waals surface area contributed by atoms with Crippen molar-refractivity contribution in [3.63, 3.8) is 0 Å². The van der Waals surface area contributed by atoms with Gasteiger partial charge in [-0.15, -0.1) is 0 Å². The van der Waals surface area contributed by atoms with Gasteiger partial charge < -0.3 is 24.6 Å². The van der Waals surface area contributed by atoms with Crippen LogP contribution < -0.4 is 10.1 Å². The Balaban J connectivity index is 1.48. The molecule has 9 heteroatoms. The summed E-state index contributed by atoms with van der Waals surface area (Å²) in [5, 5.41) is 2.60. The number of aromatic nitrogens is 1. The van der Waals surface area contributed by atoms with Crippen LogP contribution in [0, 0.1) is 0 Å². The quantitative estimate of drug-likeness (QED) is 0.768. The lowest BCUT2D eigenvalue weighted by Gasteiger charge is -2.36. The predicted molar refractivity (Wildman–Crippen MR) is 90.3 cm³/mol. The van der Waals surface area contributed by atoms with E-state index in [0.29, 0.717) is 38.4 Å². The smallest absolute Gasteiger partial charge is 0.410 e. The van der Waals surface area contributed by atoms with Crippen molar-refractivity contribution in [3.8, 4) is 5.88 Å². The summed E-state index contributed by atoms with van der Waals surface area (Å²) >= 11 is 0. The summed E-state index contributed by atoms with van der Waals surface area (Å²) in [6.07, 6.45) is 2.31. The van der Waals surface area contributed by atoms with Crippen LogP contribution >= 0.6 is 0 Å². The molecular formula is C17H22N4O5. The Morgan fingerprint density at radius 3 is 2.62 bits per heavy atom. The molecule has 1 spiro atoms. The van der Waals surface area contributed by atoms with E-state index in [9.17, 15) is 14.4 Å². The summed E-state index contributed by atoms with van der Waals surface area (Å²) in [6.45, 7) is 1.50. The van der Waals surface area contributed by atoms with Gasteiger partial charge >= 0.3 is 17.9 Å². The number of likely N-dealkylation sites (tertiary alicyclic amines) is 1. The molecule has 0 aromatic carbocycles. The number of nitrogens with zero attached hydrogens (tertiary/aromatic N) is 3. The summed E-state index contributed by atoms with van der Waals surface area (Å²) in [7, 11) is 3.21. The third-order valence-corrected chi connectivity index (χ3v) is 4.76. The van der Waals surface area contributed by atoms with E-state index in [0.717, 1.165) is 5.56 Å². The molecule has 1 N–H and O–H groups in total. The number of carbonyl (C=O) groups is 3. The first kappa shape index (κ1) is 18.0. The van der Waals surface area contributed by atoms with Gasteiger partial charge in [0.05, 0.1) is 13.7 Å². The summed E-state index contributed by atoms with van der Waals surface area (Å²) < 4.78 is 10.4. The highest BCUT2D eigenvalue weighted by molar-refractivity contribution is 6.35. The van der Waals surface area contributed by atoms with Gasteiger partial charge in [-0.05, 0) is 5.56 Å². The third kappa shape index (κ3) is 3.71. The molecule has 3 amide bonds. The van der Waals surface area contributed by atoms with Crippen molar-refractivity contribution in [1.29, 1.82) is 0 Å². The minimum absolute atomic E-state index is 0.210. The molecule has 3 rings (SSSR count). The van der Waals surface area contributed by atoms with Crippen LogP contribution in [0.1, 0.15) is 18.4 Å². The van der Waals surface area contributed by atoms with E-state index in [1.807, 2.05) is 0 Å². The molecule has 0 atom stereocenters. The summed E-state index contributed by atoms with van der Waals surface area (Å²) in [5.74, 6) is -0.743. The van der Waals surface area contributed by atoms with Crippen molar-refractivity contribution in [1.82, 2.24) is 20.1 Å². The first-order valence-corrected chi connectivity index (χ1v) is 8.43. The molecule has 9 nitrogen and oxygen atoms in total. The Bertz CT molecular complexity index is 698. The van der Waals surface area contributed by atoms with Gasteiger partial charge in [-0.2, -0.15) is 0 Å². The number of nitrogens with one attached hydrogen (secondary N) is 1. The number of pyridine rings is 1. The fraction of sp³-hybridized carbons (Fsp3) is 0.529. The van der Waals surface area contributed by atoms with E-state index in [1.54, 1.807) is 25.4 Å². The number of piperidine rings is 1. The molecule has 1 aromatic heterocycles. The molecule has 140 valence electrons. The number of likely N-dealkylation sites (N-methyl/N-ethyl adjacent to an activating group) is 1. The second kappa shape index (κ2) is 7.19. The number of amides is 3. The highest BCUT2D eigenvalue weighted by atomic mass is 16.6. The normalized spacial score (nSPS) is 18.6. The Labute approximate surface area is 151 Å². The van der Waals surface area contributed by atoms with Crippen LogP contribution in [0.2, 0.25) is 0 Å². The van der Waals surface area contributed by atoms with Gasteiger partial charge in [0.2, 0.25) is 5.88 Å². The van der Waals surface area contributed by atoms with Gasteiger partial charge in [0.15, 0.2) is 0 Å². The van der Waals surface area contributed by atoms with Crippen LogP contribution in [0.5, 0.6) is 5.88 Å². The summed E-state index contributed by atoms with van der Waals surface area (Å²) in [4.78, 5) is 43.1. The molecule has 2 saturated heterocycles. The maximum Gasteiger partial charge on any atom is 0.410 e. The van der Waals surface area contributed by atoms with E-state index in [2.05, 4.69) is 10.3 Å². The fourth-order valence-electron chi connectivity index (χ4n) is 3.21. The van der Waals surface area contributed by atoms with Gasteiger partial charge in [0.25, 0.3) is 0 Å². The number of hydrogen-bond acceptors (Lipinski definition) is 6. The predicted octanol–water partition coefficient (Wildman–Crippen LogP) is 0.150. The average molecular weight is 362 g/mol. The monoisotopic (exact) mass is 362 g/mol. The lowest BCUT2D eigenvalue weighted by Crippen LogP contribution is -2.52. The maximum absolute atomic E-state index is 12.3. The van der Waals surface area contributed by atoms with E-state index in [4.69, 9.17) is 9.47 Å². The SMILES string of the molecule is COc1ccc(CNC(=O)C(=O)N2CCC3(CC2)CN(C)C(=O)O3)cn1. The number of hydrogen-bond donors (Lipinski definition) is 1. The number of rotatable bonds is 3. The third-order valence-electron chi connectivity index (χ3n) is 4.76. The Kier molecular flexibility index (Phi) is 4.97. The zero-order valence-electron chi connectivity index (χ0n) is 14.9. The Hall–Kier alpha value is -2.84. The van der Waals surface area contributed by atoms with Gasteiger partial charge in [-0.1, -0.05) is 6.07 Å². The van der Waals surface area contributed by atoms with Crippen molar-refractivity contribution >= 4 is 17.9 Å². The highest BCUT2D eigenvalue weighted by Gasteiger charge is 2.46.